The van der Waals surface area contributed by atoms with Crippen LogP contribution in [0.3, 0.4) is 0 Å². The molecule has 1 saturated heterocycles. The van der Waals surface area contributed by atoms with Gasteiger partial charge >= 0.3 is 0 Å². The van der Waals surface area contributed by atoms with Crippen LogP contribution in [0.15, 0.2) is 36.7 Å². The number of benzene rings is 1. The highest BCUT2D eigenvalue weighted by Gasteiger charge is 2.31. The first-order chi connectivity index (χ1) is 13.9. The maximum atomic E-state index is 13.9. The van der Waals surface area contributed by atoms with Crippen molar-refractivity contribution in [1.29, 1.82) is 0 Å². The molecule has 3 heterocycles. The zero-order chi connectivity index (χ0) is 20.5. The van der Waals surface area contributed by atoms with Crippen LogP contribution in [0.2, 0.25) is 0 Å². The number of aryl methyl sites for hydroxylation is 1. The van der Waals surface area contributed by atoms with E-state index >= 15 is 0 Å². The lowest BCUT2D eigenvalue weighted by atomic mass is 9.99. The summed E-state index contributed by atoms with van der Waals surface area (Å²) in [5, 5.41) is 4.38. The van der Waals surface area contributed by atoms with E-state index in [0.717, 1.165) is 42.8 Å². The van der Waals surface area contributed by atoms with Gasteiger partial charge in [-0.15, -0.1) is 0 Å². The number of likely N-dealkylation sites (tertiary alicyclic amines) is 1. The van der Waals surface area contributed by atoms with Gasteiger partial charge in [0, 0.05) is 50.7 Å². The van der Waals surface area contributed by atoms with Crippen molar-refractivity contribution in [3.8, 4) is 11.1 Å². The van der Waals surface area contributed by atoms with Crippen LogP contribution in [-0.4, -0.2) is 45.3 Å². The minimum atomic E-state index is -0.251. The van der Waals surface area contributed by atoms with Crippen molar-refractivity contribution in [3.05, 3.63) is 59.4 Å². The molecule has 0 amide bonds. The third-order valence-corrected chi connectivity index (χ3v) is 5.73. The highest BCUT2D eigenvalue weighted by atomic mass is 19.1. The fraction of sp³-hybridized carbons (Fsp3) is 0.409. The van der Waals surface area contributed by atoms with Crippen molar-refractivity contribution in [1.82, 2.24) is 24.6 Å². The van der Waals surface area contributed by atoms with E-state index in [2.05, 4.69) is 21.9 Å². The van der Waals surface area contributed by atoms with Gasteiger partial charge in [0.1, 0.15) is 5.82 Å². The minimum Gasteiger partial charge on any atom is -0.347 e. The number of hydrogen-bond donors (Lipinski definition) is 0. The second-order valence-corrected chi connectivity index (χ2v) is 7.88. The quantitative estimate of drug-likeness (QED) is 0.660. The maximum Gasteiger partial charge on any atom is 0.225 e. The van der Waals surface area contributed by atoms with E-state index in [-0.39, 0.29) is 11.9 Å². The average Bonchev–Trinajstić information content (AvgIpc) is 3.29. The Balaban J connectivity index is 1.75. The molecular weight excluding hydrogens is 367 g/mol. The number of nitrogens with zero attached hydrogens (tertiary/aromatic N) is 6. The van der Waals surface area contributed by atoms with E-state index in [0.29, 0.717) is 5.95 Å². The molecular formula is C22H27FN6. The summed E-state index contributed by atoms with van der Waals surface area (Å²) in [4.78, 5) is 13.8. The molecule has 3 aromatic rings. The Labute approximate surface area is 171 Å². The van der Waals surface area contributed by atoms with Crippen LogP contribution in [0.1, 0.15) is 35.8 Å². The van der Waals surface area contributed by atoms with Crippen molar-refractivity contribution in [2.75, 3.05) is 25.5 Å². The van der Waals surface area contributed by atoms with Gasteiger partial charge in [0.2, 0.25) is 5.95 Å². The van der Waals surface area contributed by atoms with Gasteiger partial charge in [0.05, 0.1) is 17.9 Å². The van der Waals surface area contributed by atoms with Crippen molar-refractivity contribution in [2.45, 2.75) is 32.4 Å². The fourth-order valence-corrected chi connectivity index (χ4v) is 3.98. The van der Waals surface area contributed by atoms with Crippen LogP contribution in [0.4, 0.5) is 10.3 Å². The van der Waals surface area contributed by atoms with Gasteiger partial charge in [-0.2, -0.15) is 5.10 Å². The molecule has 1 atom stereocenters. The monoisotopic (exact) mass is 394 g/mol. The summed E-state index contributed by atoms with van der Waals surface area (Å²) in [6.45, 7) is 3.93. The van der Waals surface area contributed by atoms with Gasteiger partial charge in [-0.05, 0) is 44.0 Å². The number of hydrogen-bond acceptors (Lipinski definition) is 5. The predicted octanol–water partition coefficient (Wildman–Crippen LogP) is 3.73. The molecule has 7 heteroatoms. The smallest absolute Gasteiger partial charge is 0.225 e. The Hall–Kier alpha value is -2.80. The zero-order valence-electron chi connectivity index (χ0n) is 17.4. The van der Waals surface area contributed by atoms with E-state index in [1.165, 1.54) is 17.3 Å². The summed E-state index contributed by atoms with van der Waals surface area (Å²) in [6.07, 6.45) is 5.90. The molecule has 2 aromatic heterocycles. The lowest BCUT2D eigenvalue weighted by molar-refractivity contribution is 0.244. The first-order valence-corrected chi connectivity index (χ1v) is 9.95. The fourth-order valence-electron chi connectivity index (χ4n) is 3.98. The Morgan fingerprint density at radius 3 is 2.76 bits per heavy atom. The van der Waals surface area contributed by atoms with Gasteiger partial charge in [0.25, 0.3) is 0 Å². The lowest BCUT2D eigenvalue weighted by Gasteiger charge is -2.26. The largest absolute Gasteiger partial charge is 0.347 e. The van der Waals surface area contributed by atoms with Crippen LogP contribution in [-0.2, 0) is 13.6 Å². The Bertz CT molecular complexity index is 1010. The molecule has 1 aliphatic rings. The van der Waals surface area contributed by atoms with E-state index in [9.17, 15) is 4.39 Å². The minimum absolute atomic E-state index is 0.162. The van der Waals surface area contributed by atoms with Crippen LogP contribution in [0.25, 0.3) is 11.1 Å². The molecule has 1 fully saturated rings. The molecule has 0 N–H and O–H groups in total. The van der Waals surface area contributed by atoms with Gasteiger partial charge < -0.3 is 4.90 Å². The first kappa shape index (κ1) is 19.5. The van der Waals surface area contributed by atoms with E-state index < -0.39 is 0 Å². The third-order valence-electron chi connectivity index (χ3n) is 5.73. The standard InChI is InChI=1S/C22H27FN6/c1-15-17(12-25-28(15)4)14-29-10-6-9-20(29)21-19(13-24-22(26-21)27(2)3)16-7-5-8-18(23)11-16/h5,7-8,11-13,20H,6,9-10,14H2,1-4H3/t20-/m1/s1. The number of anilines is 1. The van der Waals surface area contributed by atoms with Crippen LogP contribution >= 0.6 is 0 Å². The highest BCUT2D eigenvalue weighted by molar-refractivity contribution is 5.66. The molecule has 0 aliphatic carbocycles. The Morgan fingerprint density at radius 2 is 2.07 bits per heavy atom. The van der Waals surface area contributed by atoms with E-state index in [1.807, 2.05) is 49.2 Å². The molecule has 0 bridgehead atoms. The van der Waals surface area contributed by atoms with Crippen LogP contribution in [0.5, 0.6) is 0 Å². The van der Waals surface area contributed by atoms with Gasteiger partial charge in [-0.25, -0.2) is 14.4 Å². The summed E-state index contributed by atoms with van der Waals surface area (Å²) in [5.41, 5.74) is 5.09. The van der Waals surface area contributed by atoms with Crippen molar-refractivity contribution < 1.29 is 4.39 Å². The van der Waals surface area contributed by atoms with Gasteiger partial charge in [-0.1, -0.05) is 12.1 Å². The zero-order valence-corrected chi connectivity index (χ0v) is 17.4. The molecule has 0 spiro atoms. The second kappa shape index (κ2) is 7.91. The molecule has 1 aromatic carbocycles. The Morgan fingerprint density at radius 1 is 1.24 bits per heavy atom. The van der Waals surface area contributed by atoms with Crippen LogP contribution < -0.4 is 4.90 Å². The average molecular weight is 394 g/mol. The molecule has 1 aliphatic heterocycles. The molecule has 0 saturated carbocycles. The van der Waals surface area contributed by atoms with Crippen LogP contribution in [0, 0.1) is 12.7 Å². The summed E-state index contributed by atoms with van der Waals surface area (Å²) < 4.78 is 15.8. The molecule has 0 unspecified atom stereocenters. The first-order valence-electron chi connectivity index (χ1n) is 9.95. The van der Waals surface area contributed by atoms with Crippen molar-refractivity contribution in [3.63, 3.8) is 0 Å². The summed E-state index contributed by atoms with van der Waals surface area (Å²) >= 11 is 0. The SMILES string of the molecule is Cc1c(CN2CCC[C@@H]2c2nc(N(C)C)ncc2-c2cccc(F)c2)cnn1C. The predicted molar refractivity (Wildman–Crippen MR) is 112 cm³/mol. The molecule has 0 radical (unpaired) electrons. The molecule has 4 rings (SSSR count). The van der Waals surface area contributed by atoms with E-state index in [4.69, 9.17) is 4.98 Å². The molecule has 6 nitrogen and oxygen atoms in total. The van der Waals surface area contributed by atoms with Gasteiger partial charge in [-0.3, -0.25) is 9.58 Å². The number of aromatic nitrogens is 4. The summed E-state index contributed by atoms with van der Waals surface area (Å²) in [7, 11) is 5.84. The normalized spacial score (nSPS) is 17.1. The third kappa shape index (κ3) is 3.87. The molecule has 29 heavy (non-hydrogen) atoms. The number of halogens is 1. The summed E-state index contributed by atoms with van der Waals surface area (Å²) in [6, 6.07) is 6.84. The van der Waals surface area contributed by atoms with Crippen molar-refractivity contribution >= 4 is 5.95 Å². The van der Waals surface area contributed by atoms with Crippen molar-refractivity contribution in [2.24, 2.45) is 7.05 Å². The number of rotatable bonds is 5. The van der Waals surface area contributed by atoms with E-state index in [1.54, 1.807) is 12.1 Å². The molecule has 152 valence electrons. The lowest BCUT2D eigenvalue weighted by Crippen LogP contribution is -2.25. The summed E-state index contributed by atoms with van der Waals surface area (Å²) in [5.74, 6) is 0.420. The Kier molecular flexibility index (Phi) is 5.32. The topological polar surface area (TPSA) is 50.1 Å². The second-order valence-electron chi connectivity index (χ2n) is 7.88. The highest BCUT2D eigenvalue weighted by Crippen LogP contribution is 2.38. The maximum absolute atomic E-state index is 13.9. The van der Waals surface area contributed by atoms with Gasteiger partial charge in [0.15, 0.2) is 0 Å².